The third-order valence-electron chi connectivity index (χ3n) is 5.28. The molecule has 7 nitrogen and oxygen atoms in total. The maximum atomic E-state index is 13.1. The second kappa shape index (κ2) is 10.4. The Morgan fingerprint density at radius 2 is 1.91 bits per heavy atom. The van der Waals surface area contributed by atoms with Crippen LogP contribution in [0.4, 0.5) is 0 Å². The van der Waals surface area contributed by atoms with Crippen molar-refractivity contribution in [1.82, 2.24) is 4.90 Å². The van der Waals surface area contributed by atoms with Gasteiger partial charge in [0.05, 0.1) is 36.4 Å². The maximum Gasteiger partial charge on any atom is 0.295 e. The highest BCUT2D eigenvalue weighted by Gasteiger charge is 2.46. The van der Waals surface area contributed by atoms with Gasteiger partial charge in [-0.05, 0) is 30.2 Å². The first-order chi connectivity index (χ1) is 15.9. The molecule has 2 aromatic carbocycles. The van der Waals surface area contributed by atoms with Gasteiger partial charge in [0.2, 0.25) is 0 Å². The molecule has 1 atom stereocenters. The predicted molar refractivity (Wildman–Crippen MR) is 126 cm³/mol. The van der Waals surface area contributed by atoms with Crippen LogP contribution < -0.4 is 14.2 Å². The predicted octanol–water partition coefficient (Wildman–Crippen LogP) is 4.75. The van der Waals surface area contributed by atoms with Crippen molar-refractivity contribution < 1.29 is 28.9 Å². The zero-order chi connectivity index (χ0) is 24.1. The minimum atomic E-state index is -0.802. The van der Waals surface area contributed by atoms with E-state index in [1.165, 1.54) is 31.3 Å². The molecular weight excluding hydrogens is 446 g/mol. The maximum absolute atomic E-state index is 13.1. The SMILES string of the molecule is C=CCOc1cccc(C2/C(=C(\O)c3cc(OC)c(Cl)cc3OC)C(=O)C(=O)N2CCC)c1. The average molecular weight is 472 g/mol. The van der Waals surface area contributed by atoms with Crippen LogP contribution in [-0.2, 0) is 9.59 Å². The fourth-order valence-electron chi connectivity index (χ4n) is 3.82. The van der Waals surface area contributed by atoms with Crippen LogP contribution in [0.2, 0.25) is 5.02 Å². The highest BCUT2D eigenvalue weighted by Crippen LogP contribution is 2.43. The number of ketones is 1. The Labute approximate surface area is 197 Å². The molecule has 0 aliphatic carbocycles. The van der Waals surface area contributed by atoms with Crippen LogP contribution in [-0.4, -0.2) is 49.1 Å². The molecule has 0 aromatic heterocycles. The Morgan fingerprint density at radius 3 is 2.55 bits per heavy atom. The van der Waals surface area contributed by atoms with Gasteiger partial charge in [0, 0.05) is 12.6 Å². The summed E-state index contributed by atoms with van der Waals surface area (Å²) in [7, 11) is 2.86. The number of nitrogens with zero attached hydrogens (tertiary/aromatic N) is 1. The molecule has 3 rings (SSSR count). The summed E-state index contributed by atoms with van der Waals surface area (Å²) < 4.78 is 16.3. The van der Waals surface area contributed by atoms with Crippen molar-refractivity contribution in [2.45, 2.75) is 19.4 Å². The molecular formula is C25H26ClNO6. The molecule has 8 heteroatoms. The number of ether oxygens (including phenoxy) is 3. The Kier molecular flexibility index (Phi) is 7.66. The lowest BCUT2D eigenvalue weighted by atomic mass is 9.94. The zero-order valence-corrected chi connectivity index (χ0v) is 19.5. The van der Waals surface area contributed by atoms with E-state index < -0.39 is 17.7 Å². The number of carbonyl (C=O) groups is 2. The van der Waals surface area contributed by atoms with Gasteiger partial charge in [-0.25, -0.2) is 0 Å². The number of amides is 1. The minimum Gasteiger partial charge on any atom is -0.507 e. The summed E-state index contributed by atoms with van der Waals surface area (Å²) in [6.07, 6.45) is 2.25. The molecule has 1 amide bonds. The molecule has 1 aliphatic heterocycles. The van der Waals surface area contributed by atoms with Crippen molar-refractivity contribution in [3.8, 4) is 17.2 Å². The lowest BCUT2D eigenvalue weighted by Gasteiger charge is -2.25. The van der Waals surface area contributed by atoms with Crippen LogP contribution in [0.3, 0.4) is 0 Å². The van der Waals surface area contributed by atoms with Gasteiger partial charge < -0.3 is 24.2 Å². The van der Waals surface area contributed by atoms with Crippen LogP contribution in [0.1, 0.15) is 30.5 Å². The molecule has 0 bridgehead atoms. The van der Waals surface area contributed by atoms with Gasteiger partial charge in [-0.2, -0.15) is 0 Å². The number of likely N-dealkylation sites (tertiary alicyclic amines) is 1. The van der Waals surface area contributed by atoms with E-state index in [0.29, 0.717) is 30.9 Å². The van der Waals surface area contributed by atoms with Crippen molar-refractivity contribution in [2.24, 2.45) is 0 Å². The van der Waals surface area contributed by atoms with E-state index in [-0.39, 0.29) is 33.4 Å². The second-order valence-electron chi connectivity index (χ2n) is 7.35. The number of aliphatic hydroxyl groups excluding tert-OH is 1. The summed E-state index contributed by atoms with van der Waals surface area (Å²) in [4.78, 5) is 27.5. The van der Waals surface area contributed by atoms with Crippen molar-refractivity contribution in [1.29, 1.82) is 0 Å². The van der Waals surface area contributed by atoms with E-state index in [1.54, 1.807) is 30.3 Å². The molecule has 1 fully saturated rings. The van der Waals surface area contributed by atoms with E-state index in [4.69, 9.17) is 25.8 Å². The summed E-state index contributed by atoms with van der Waals surface area (Å²) in [5.74, 6) is -0.749. The van der Waals surface area contributed by atoms with Crippen molar-refractivity contribution in [3.05, 3.63) is 70.8 Å². The Bertz CT molecular complexity index is 1110. The average Bonchev–Trinajstić information content (AvgIpc) is 3.07. The van der Waals surface area contributed by atoms with Gasteiger partial charge in [-0.15, -0.1) is 0 Å². The third kappa shape index (κ3) is 4.68. The zero-order valence-electron chi connectivity index (χ0n) is 18.8. The number of methoxy groups -OCH3 is 2. The quantitative estimate of drug-likeness (QED) is 0.246. The Balaban J connectivity index is 2.23. The van der Waals surface area contributed by atoms with E-state index in [1.807, 2.05) is 6.92 Å². The number of aliphatic hydroxyl groups is 1. The van der Waals surface area contributed by atoms with E-state index >= 15 is 0 Å². The number of halogens is 1. The molecule has 2 aromatic rings. The van der Waals surface area contributed by atoms with Crippen LogP contribution in [0.5, 0.6) is 17.2 Å². The highest BCUT2D eigenvalue weighted by atomic mass is 35.5. The molecule has 1 unspecified atom stereocenters. The number of hydrogen-bond donors (Lipinski definition) is 1. The number of hydrogen-bond acceptors (Lipinski definition) is 6. The first kappa shape index (κ1) is 24.2. The Morgan fingerprint density at radius 1 is 1.18 bits per heavy atom. The van der Waals surface area contributed by atoms with Crippen molar-refractivity contribution in [2.75, 3.05) is 27.4 Å². The van der Waals surface area contributed by atoms with Crippen molar-refractivity contribution in [3.63, 3.8) is 0 Å². The normalized spacial score (nSPS) is 17.2. The smallest absolute Gasteiger partial charge is 0.295 e. The molecule has 0 spiro atoms. The van der Waals surface area contributed by atoms with Crippen LogP contribution >= 0.6 is 11.6 Å². The molecule has 0 radical (unpaired) electrons. The van der Waals surface area contributed by atoms with Gasteiger partial charge in [-0.3, -0.25) is 9.59 Å². The largest absolute Gasteiger partial charge is 0.507 e. The summed E-state index contributed by atoms with van der Waals surface area (Å²) in [6.45, 7) is 6.20. The van der Waals surface area contributed by atoms with E-state index in [0.717, 1.165) is 0 Å². The Hall–Kier alpha value is -3.45. The first-order valence-corrected chi connectivity index (χ1v) is 10.8. The van der Waals surface area contributed by atoms with Crippen LogP contribution in [0, 0.1) is 0 Å². The van der Waals surface area contributed by atoms with Gasteiger partial charge in [0.1, 0.15) is 29.6 Å². The second-order valence-corrected chi connectivity index (χ2v) is 7.76. The molecule has 1 saturated heterocycles. The number of benzene rings is 2. The molecule has 1 aliphatic rings. The molecule has 1 N–H and O–H groups in total. The molecule has 1 heterocycles. The number of carbonyl (C=O) groups excluding carboxylic acids is 2. The summed E-state index contributed by atoms with van der Waals surface area (Å²) in [5.41, 5.74) is 0.778. The third-order valence-corrected chi connectivity index (χ3v) is 5.57. The van der Waals surface area contributed by atoms with Gasteiger partial charge in [-0.1, -0.05) is 43.3 Å². The van der Waals surface area contributed by atoms with Crippen LogP contribution in [0.15, 0.2) is 54.6 Å². The number of rotatable bonds is 9. The van der Waals surface area contributed by atoms with Crippen LogP contribution in [0.25, 0.3) is 5.76 Å². The minimum absolute atomic E-state index is 0.0444. The lowest BCUT2D eigenvalue weighted by molar-refractivity contribution is -0.139. The summed E-state index contributed by atoms with van der Waals surface area (Å²) >= 11 is 6.19. The fourth-order valence-corrected chi connectivity index (χ4v) is 4.05. The van der Waals surface area contributed by atoms with E-state index in [2.05, 4.69) is 6.58 Å². The van der Waals surface area contributed by atoms with Gasteiger partial charge >= 0.3 is 0 Å². The first-order valence-electron chi connectivity index (χ1n) is 10.4. The molecule has 33 heavy (non-hydrogen) atoms. The monoisotopic (exact) mass is 471 g/mol. The fraction of sp³-hybridized carbons (Fsp3) is 0.280. The molecule has 0 saturated carbocycles. The standard InChI is InChI=1S/C25H26ClNO6/c1-5-10-27-22(15-8-7-9-16(12-15)33-11-6-2)21(24(29)25(27)30)23(28)17-13-20(32-4)18(26)14-19(17)31-3/h6-9,12-14,22,28H,2,5,10-11H2,1,3-4H3/b23-21+. The van der Waals surface area contributed by atoms with Crippen molar-refractivity contribution >= 4 is 29.1 Å². The molecule has 174 valence electrons. The van der Waals surface area contributed by atoms with Gasteiger partial charge in [0.15, 0.2) is 0 Å². The highest BCUT2D eigenvalue weighted by molar-refractivity contribution is 6.46. The summed E-state index contributed by atoms with van der Waals surface area (Å²) in [6, 6.07) is 9.23. The lowest BCUT2D eigenvalue weighted by Crippen LogP contribution is -2.30. The topological polar surface area (TPSA) is 85.3 Å². The number of Topliss-reactive ketones (excluding diaryl/α,β-unsaturated/α-hetero) is 1. The summed E-state index contributed by atoms with van der Waals surface area (Å²) in [5, 5.41) is 11.6. The van der Waals surface area contributed by atoms with Gasteiger partial charge in [0.25, 0.3) is 11.7 Å². The van der Waals surface area contributed by atoms with E-state index in [9.17, 15) is 14.7 Å².